The molecule has 8 heteroatoms. The third-order valence-corrected chi connectivity index (χ3v) is 6.85. The first-order chi connectivity index (χ1) is 15.3. The van der Waals surface area contributed by atoms with Crippen LogP contribution in [0.25, 0.3) is 10.9 Å². The number of hydrogen-bond acceptors (Lipinski definition) is 4. The zero-order valence-electron chi connectivity index (χ0n) is 18.7. The topological polar surface area (TPSA) is 91.2 Å². The number of aryl methyl sites for hydroxylation is 2. The van der Waals surface area contributed by atoms with E-state index in [0.717, 1.165) is 40.8 Å². The minimum Gasteiger partial charge on any atom is -0.361 e. The van der Waals surface area contributed by atoms with Crippen LogP contribution in [0.2, 0.25) is 5.02 Å². The maximum Gasteiger partial charge on any atom is 0.270 e. The second-order valence-corrected chi connectivity index (χ2v) is 9.11. The summed E-state index contributed by atoms with van der Waals surface area (Å²) in [6.45, 7) is 7.64. The van der Waals surface area contributed by atoms with Gasteiger partial charge in [-0.2, -0.15) is 0 Å². The second kappa shape index (κ2) is 9.36. The van der Waals surface area contributed by atoms with Crippen LogP contribution in [0.5, 0.6) is 0 Å². The fourth-order valence-electron chi connectivity index (χ4n) is 4.54. The molecule has 0 unspecified atom stereocenters. The van der Waals surface area contributed by atoms with E-state index in [0.29, 0.717) is 36.8 Å². The summed E-state index contributed by atoms with van der Waals surface area (Å²) in [7, 11) is 0. The summed E-state index contributed by atoms with van der Waals surface area (Å²) in [6.07, 6.45) is 2.34. The molecule has 0 bridgehead atoms. The van der Waals surface area contributed by atoms with E-state index in [-0.39, 0.29) is 23.7 Å². The van der Waals surface area contributed by atoms with E-state index in [1.807, 2.05) is 43.9 Å². The fourth-order valence-corrected chi connectivity index (χ4v) is 4.72. The van der Waals surface area contributed by atoms with E-state index < -0.39 is 0 Å². The number of hydrogen-bond donors (Lipinski definition) is 2. The van der Waals surface area contributed by atoms with Crippen LogP contribution in [0.1, 0.15) is 47.3 Å². The lowest BCUT2D eigenvalue weighted by Crippen LogP contribution is -2.43. The Bertz CT molecular complexity index is 1110. The number of amides is 2. The Morgan fingerprint density at radius 3 is 2.72 bits per heavy atom. The zero-order valence-corrected chi connectivity index (χ0v) is 19.5. The number of carbonyl (C=O) groups is 2. The van der Waals surface area contributed by atoms with E-state index in [1.165, 1.54) is 0 Å². The van der Waals surface area contributed by atoms with Crippen LogP contribution in [0, 0.1) is 25.7 Å². The van der Waals surface area contributed by atoms with Crippen LogP contribution in [-0.2, 0) is 11.2 Å². The van der Waals surface area contributed by atoms with Crippen LogP contribution in [-0.4, -0.2) is 46.5 Å². The smallest absolute Gasteiger partial charge is 0.270 e. The Morgan fingerprint density at radius 1 is 1.28 bits per heavy atom. The van der Waals surface area contributed by atoms with Crippen molar-refractivity contribution < 1.29 is 14.1 Å². The van der Waals surface area contributed by atoms with Crippen molar-refractivity contribution in [3.05, 3.63) is 52.0 Å². The molecule has 0 saturated carbocycles. The highest BCUT2D eigenvalue weighted by Gasteiger charge is 2.30. The van der Waals surface area contributed by atoms with Crippen molar-refractivity contribution in [3.63, 3.8) is 0 Å². The maximum absolute atomic E-state index is 12.9. The molecule has 32 heavy (non-hydrogen) atoms. The lowest BCUT2D eigenvalue weighted by Gasteiger charge is -2.34. The molecule has 1 atom stereocenters. The number of carbonyl (C=O) groups excluding carboxylic acids is 2. The minimum atomic E-state index is -0.0906. The molecular formula is C24H29ClN4O3. The molecule has 7 nitrogen and oxygen atoms in total. The Balaban J connectivity index is 1.27. The van der Waals surface area contributed by atoms with Crippen LogP contribution in [0.15, 0.2) is 28.8 Å². The Hall–Kier alpha value is -2.80. The van der Waals surface area contributed by atoms with Crippen molar-refractivity contribution in [2.45, 2.75) is 40.0 Å². The van der Waals surface area contributed by atoms with Gasteiger partial charge in [-0.3, -0.25) is 9.59 Å². The monoisotopic (exact) mass is 456 g/mol. The Kier molecular flexibility index (Phi) is 6.55. The van der Waals surface area contributed by atoms with Crippen molar-refractivity contribution in [1.29, 1.82) is 0 Å². The molecule has 2 aromatic heterocycles. The van der Waals surface area contributed by atoms with Gasteiger partial charge in [0.2, 0.25) is 5.91 Å². The highest BCUT2D eigenvalue weighted by atomic mass is 35.5. The van der Waals surface area contributed by atoms with Gasteiger partial charge in [-0.05, 0) is 63.3 Å². The average Bonchev–Trinajstić information content (AvgIpc) is 3.35. The van der Waals surface area contributed by atoms with Crippen molar-refractivity contribution in [3.8, 4) is 0 Å². The molecule has 4 rings (SSSR count). The van der Waals surface area contributed by atoms with Gasteiger partial charge >= 0.3 is 0 Å². The Morgan fingerprint density at radius 2 is 2.03 bits per heavy atom. The highest BCUT2D eigenvalue weighted by molar-refractivity contribution is 6.31. The number of aromatic nitrogens is 2. The quantitative estimate of drug-likeness (QED) is 0.579. The number of benzene rings is 1. The molecule has 0 radical (unpaired) electrons. The number of H-pyrrole nitrogens is 1. The van der Waals surface area contributed by atoms with Gasteiger partial charge in [-0.25, -0.2) is 0 Å². The summed E-state index contributed by atoms with van der Waals surface area (Å²) >= 11 is 6.05. The van der Waals surface area contributed by atoms with Gasteiger partial charge in [0.1, 0.15) is 11.5 Å². The van der Waals surface area contributed by atoms with Gasteiger partial charge in [0, 0.05) is 47.0 Å². The maximum atomic E-state index is 12.9. The molecule has 0 aliphatic carbocycles. The molecule has 1 aliphatic heterocycles. The molecule has 1 aromatic carbocycles. The van der Waals surface area contributed by atoms with Crippen molar-refractivity contribution in [1.82, 2.24) is 20.4 Å². The van der Waals surface area contributed by atoms with Gasteiger partial charge in [0.05, 0.1) is 5.69 Å². The van der Waals surface area contributed by atoms with Crippen LogP contribution in [0.3, 0.4) is 0 Å². The summed E-state index contributed by atoms with van der Waals surface area (Å²) in [6, 6.07) is 7.39. The van der Waals surface area contributed by atoms with Gasteiger partial charge in [-0.1, -0.05) is 23.7 Å². The minimum absolute atomic E-state index is 0.00709. The predicted molar refractivity (Wildman–Crippen MR) is 124 cm³/mol. The summed E-state index contributed by atoms with van der Waals surface area (Å²) in [5.41, 5.74) is 3.41. The summed E-state index contributed by atoms with van der Waals surface area (Å²) in [4.78, 5) is 30.7. The number of piperidine rings is 1. The van der Waals surface area contributed by atoms with E-state index in [9.17, 15) is 9.59 Å². The van der Waals surface area contributed by atoms with E-state index in [1.54, 1.807) is 6.07 Å². The first kappa shape index (κ1) is 22.4. The lowest BCUT2D eigenvalue weighted by molar-refractivity contribution is -0.126. The molecule has 1 fully saturated rings. The third-order valence-electron chi connectivity index (χ3n) is 6.62. The summed E-state index contributed by atoms with van der Waals surface area (Å²) in [5, 5.41) is 8.58. The molecule has 0 spiro atoms. The molecule has 3 heterocycles. The second-order valence-electron chi connectivity index (χ2n) is 8.68. The average molecular weight is 457 g/mol. The predicted octanol–water partition coefficient (Wildman–Crippen LogP) is 4.27. The molecule has 1 saturated heterocycles. The first-order valence-electron chi connectivity index (χ1n) is 11.1. The van der Waals surface area contributed by atoms with Crippen LogP contribution in [0.4, 0.5) is 0 Å². The van der Waals surface area contributed by atoms with Gasteiger partial charge in [0.15, 0.2) is 0 Å². The number of nitrogens with one attached hydrogen (secondary N) is 2. The number of aromatic amines is 1. The molecule has 3 aromatic rings. The van der Waals surface area contributed by atoms with E-state index >= 15 is 0 Å². The van der Waals surface area contributed by atoms with Gasteiger partial charge < -0.3 is 19.7 Å². The fraction of sp³-hybridized carbons (Fsp3) is 0.458. The first-order valence-corrected chi connectivity index (χ1v) is 11.5. The summed E-state index contributed by atoms with van der Waals surface area (Å²) in [5.74, 6) is 1.04. The molecule has 2 N–H and O–H groups in total. The Labute approximate surface area is 192 Å². The SMILES string of the molecule is Cc1noc(C)c1CCNC(=O)[C@@H](C)C1CCN(C(=O)c2cc3cc(Cl)ccc3[nH]2)CC1. The van der Waals surface area contributed by atoms with Crippen molar-refractivity contribution in [2.24, 2.45) is 11.8 Å². The number of rotatable bonds is 6. The van der Waals surface area contributed by atoms with Gasteiger partial charge in [0.25, 0.3) is 5.91 Å². The molecule has 170 valence electrons. The highest BCUT2D eigenvalue weighted by Crippen LogP contribution is 2.27. The lowest BCUT2D eigenvalue weighted by atomic mass is 9.84. The summed E-state index contributed by atoms with van der Waals surface area (Å²) < 4.78 is 5.18. The van der Waals surface area contributed by atoms with Crippen LogP contribution >= 0.6 is 11.6 Å². The third kappa shape index (κ3) is 4.67. The molecular weight excluding hydrogens is 428 g/mol. The van der Waals surface area contributed by atoms with E-state index in [2.05, 4.69) is 15.5 Å². The number of nitrogens with zero attached hydrogens (tertiary/aromatic N) is 2. The molecule has 2 amide bonds. The van der Waals surface area contributed by atoms with Crippen molar-refractivity contribution >= 4 is 34.3 Å². The zero-order chi connectivity index (χ0) is 22.8. The largest absolute Gasteiger partial charge is 0.361 e. The van der Waals surface area contributed by atoms with E-state index in [4.69, 9.17) is 16.1 Å². The van der Waals surface area contributed by atoms with Crippen molar-refractivity contribution in [2.75, 3.05) is 19.6 Å². The standard InChI is InChI=1S/C24H29ClN4O3/c1-14(23(30)26-9-6-20-15(2)28-32-16(20)3)17-7-10-29(11-8-17)24(31)22-13-18-12-19(25)4-5-21(18)27-22/h4-5,12-14,17,27H,6-11H2,1-3H3,(H,26,30)/t14-/m0/s1. The van der Waals surface area contributed by atoms with Crippen LogP contribution < -0.4 is 5.32 Å². The van der Waals surface area contributed by atoms with Gasteiger partial charge in [-0.15, -0.1) is 0 Å². The normalized spacial score (nSPS) is 15.8. The molecule has 1 aliphatic rings. The number of fused-ring (bicyclic) bond motifs is 1. The number of likely N-dealkylation sites (tertiary alicyclic amines) is 1. The number of halogens is 1.